The molecular formula is C14H19N3OS. The maximum atomic E-state index is 5.60. The summed E-state index contributed by atoms with van der Waals surface area (Å²) in [6.45, 7) is 8.19. The highest BCUT2D eigenvalue weighted by Crippen LogP contribution is 2.13. The molecule has 19 heavy (non-hydrogen) atoms. The molecule has 4 nitrogen and oxygen atoms in total. The van der Waals surface area contributed by atoms with Crippen molar-refractivity contribution in [1.29, 1.82) is 0 Å². The van der Waals surface area contributed by atoms with Crippen LogP contribution in [-0.2, 0) is 0 Å². The summed E-state index contributed by atoms with van der Waals surface area (Å²) in [6, 6.07) is 7.71. The van der Waals surface area contributed by atoms with E-state index < -0.39 is 0 Å². The second-order valence-electron chi connectivity index (χ2n) is 4.11. The zero-order valence-electron chi connectivity index (χ0n) is 11.2. The average Bonchev–Trinajstić information content (AvgIpc) is 2.36. The van der Waals surface area contributed by atoms with Crippen molar-refractivity contribution in [3.8, 4) is 5.75 Å². The molecular weight excluding hydrogens is 258 g/mol. The summed E-state index contributed by atoms with van der Waals surface area (Å²) in [7, 11) is 0. The Balaban J connectivity index is 2.52. The van der Waals surface area contributed by atoms with Gasteiger partial charge >= 0.3 is 0 Å². The van der Waals surface area contributed by atoms with Gasteiger partial charge in [0.25, 0.3) is 0 Å². The third kappa shape index (κ3) is 6.57. The molecule has 0 aromatic heterocycles. The number of thiocarbonyl (C=S) groups is 1. The predicted molar refractivity (Wildman–Crippen MR) is 83.7 cm³/mol. The van der Waals surface area contributed by atoms with Gasteiger partial charge in [-0.2, -0.15) is 5.10 Å². The van der Waals surface area contributed by atoms with E-state index in [1.165, 1.54) is 0 Å². The van der Waals surface area contributed by atoms with E-state index in [4.69, 9.17) is 17.0 Å². The lowest BCUT2D eigenvalue weighted by atomic mass is 10.2. The standard InChI is InChI=1S/C14H19N3OS/c1-4-8-15-14(19)17-16-10-12-6-5-7-13(9-12)18-11(2)3/h4-7,9-11H,1,8H2,2-3H3,(H2,15,17,19). The van der Waals surface area contributed by atoms with E-state index >= 15 is 0 Å². The molecule has 102 valence electrons. The summed E-state index contributed by atoms with van der Waals surface area (Å²) in [6.07, 6.45) is 3.57. The Morgan fingerprint density at radius 2 is 2.32 bits per heavy atom. The summed E-state index contributed by atoms with van der Waals surface area (Å²) in [5.74, 6) is 0.825. The number of hydrazone groups is 1. The van der Waals surface area contributed by atoms with Crippen LogP contribution in [0.3, 0.4) is 0 Å². The highest BCUT2D eigenvalue weighted by molar-refractivity contribution is 7.80. The molecule has 0 aliphatic rings. The summed E-state index contributed by atoms with van der Waals surface area (Å²) in [4.78, 5) is 0. The van der Waals surface area contributed by atoms with E-state index in [0.717, 1.165) is 11.3 Å². The van der Waals surface area contributed by atoms with Gasteiger partial charge in [0, 0.05) is 6.54 Å². The van der Waals surface area contributed by atoms with Crippen LogP contribution in [0.5, 0.6) is 5.75 Å². The van der Waals surface area contributed by atoms with Crippen LogP contribution < -0.4 is 15.5 Å². The molecule has 1 aromatic rings. The van der Waals surface area contributed by atoms with Gasteiger partial charge in [-0.3, -0.25) is 5.43 Å². The third-order valence-electron chi connectivity index (χ3n) is 2.02. The Bertz CT molecular complexity index is 458. The number of rotatable bonds is 6. The lowest BCUT2D eigenvalue weighted by Crippen LogP contribution is -2.31. The molecule has 2 N–H and O–H groups in total. The van der Waals surface area contributed by atoms with Crippen molar-refractivity contribution in [3.63, 3.8) is 0 Å². The number of nitrogens with one attached hydrogen (secondary N) is 2. The molecule has 0 fully saturated rings. The Kier molecular flexibility index (Phi) is 6.60. The zero-order chi connectivity index (χ0) is 14.1. The van der Waals surface area contributed by atoms with E-state index in [9.17, 15) is 0 Å². The van der Waals surface area contributed by atoms with E-state index in [0.29, 0.717) is 11.7 Å². The summed E-state index contributed by atoms with van der Waals surface area (Å²) < 4.78 is 5.60. The van der Waals surface area contributed by atoms with E-state index in [-0.39, 0.29) is 6.10 Å². The van der Waals surface area contributed by atoms with Gasteiger partial charge in [0.15, 0.2) is 5.11 Å². The van der Waals surface area contributed by atoms with Crippen LogP contribution in [0.2, 0.25) is 0 Å². The first-order chi connectivity index (χ1) is 9.11. The highest BCUT2D eigenvalue weighted by Gasteiger charge is 1.97. The van der Waals surface area contributed by atoms with Gasteiger partial charge in [0.2, 0.25) is 0 Å². The highest BCUT2D eigenvalue weighted by atomic mass is 32.1. The predicted octanol–water partition coefficient (Wildman–Crippen LogP) is 2.46. The average molecular weight is 277 g/mol. The zero-order valence-corrected chi connectivity index (χ0v) is 12.0. The smallest absolute Gasteiger partial charge is 0.187 e. The Morgan fingerprint density at radius 1 is 1.53 bits per heavy atom. The summed E-state index contributed by atoms with van der Waals surface area (Å²) in [5.41, 5.74) is 3.67. The maximum absolute atomic E-state index is 5.60. The van der Waals surface area contributed by atoms with Crippen molar-refractivity contribution in [3.05, 3.63) is 42.5 Å². The van der Waals surface area contributed by atoms with Crippen LogP contribution in [0.25, 0.3) is 0 Å². The Morgan fingerprint density at radius 3 is 3.00 bits per heavy atom. The normalized spacial score (nSPS) is 10.5. The molecule has 0 atom stereocenters. The van der Waals surface area contributed by atoms with Crippen molar-refractivity contribution in [1.82, 2.24) is 10.7 Å². The monoisotopic (exact) mass is 277 g/mol. The lowest BCUT2D eigenvalue weighted by molar-refractivity contribution is 0.242. The number of hydrogen-bond donors (Lipinski definition) is 2. The number of benzene rings is 1. The van der Waals surface area contributed by atoms with Crippen LogP contribution >= 0.6 is 12.2 Å². The second-order valence-corrected chi connectivity index (χ2v) is 4.52. The van der Waals surface area contributed by atoms with E-state index in [1.54, 1.807) is 12.3 Å². The Hall–Kier alpha value is -1.88. The van der Waals surface area contributed by atoms with Crippen molar-refractivity contribution in [2.45, 2.75) is 20.0 Å². The fourth-order valence-electron chi connectivity index (χ4n) is 1.31. The van der Waals surface area contributed by atoms with Gasteiger partial charge in [-0.05, 0) is 43.8 Å². The first kappa shape index (κ1) is 15.2. The topological polar surface area (TPSA) is 45.7 Å². The van der Waals surface area contributed by atoms with Crippen LogP contribution in [0.15, 0.2) is 42.0 Å². The molecule has 5 heteroatoms. The van der Waals surface area contributed by atoms with Crippen molar-refractivity contribution in [2.75, 3.05) is 6.54 Å². The van der Waals surface area contributed by atoms with Gasteiger partial charge in [0.1, 0.15) is 5.75 Å². The number of ether oxygens (including phenoxy) is 1. The van der Waals surface area contributed by atoms with Gasteiger partial charge in [-0.15, -0.1) is 6.58 Å². The minimum atomic E-state index is 0.154. The molecule has 0 bridgehead atoms. The molecule has 0 aliphatic heterocycles. The minimum absolute atomic E-state index is 0.154. The van der Waals surface area contributed by atoms with Crippen molar-refractivity contribution >= 4 is 23.5 Å². The fraction of sp³-hybridized carbons (Fsp3) is 0.286. The van der Waals surface area contributed by atoms with Crippen LogP contribution in [0.4, 0.5) is 0 Å². The first-order valence-electron chi connectivity index (χ1n) is 6.06. The molecule has 1 rings (SSSR count). The largest absolute Gasteiger partial charge is 0.491 e. The molecule has 0 heterocycles. The fourth-order valence-corrected chi connectivity index (χ4v) is 1.45. The molecule has 0 unspecified atom stereocenters. The molecule has 0 radical (unpaired) electrons. The summed E-state index contributed by atoms with van der Waals surface area (Å²) in [5, 5.41) is 7.43. The summed E-state index contributed by atoms with van der Waals surface area (Å²) >= 11 is 5.01. The van der Waals surface area contributed by atoms with Crippen LogP contribution in [0.1, 0.15) is 19.4 Å². The number of nitrogens with zero attached hydrogens (tertiary/aromatic N) is 1. The quantitative estimate of drug-likeness (QED) is 0.363. The number of hydrogen-bond acceptors (Lipinski definition) is 3. The molecule has 0 saturated carbocycles. The van der Waals surface area contributed by atoms with Crippen LogP contribution in [-0.4, -0.2) is 24.0 Å². The maximum Gasteiger partial charge on any atom is 0.187 e. The van der Waals surface area contributed by atoms with Crippen molar-refractivity contribution < 1.29 is 4.74 Å². The second kappa shape index (κ2) is 8.26. The van der Waals surface area contributed by atoms with Gasteiger partial charge < -0.3 is 10.1 Å². The lowest BCUT2D eigenvalue weighted by Gasteiger charge is -2.09. The van der Waals surface area contributed by atoms with Gasteiger partial charge in [0.05, 0.1) is 12.3 Å². The van der Waals surface area contributed by atoms with Crippen molar-refractivity contribution in [2.24, 2.45) is 5.10 Å². The van der Waals surface area contributed by atoms with Crippen LogP contribution in [0, 0.1) is 0 Å². The van der Waals surface area contributed by atoms with Gasteiger partial charge in [-0.25, -0.2) is 0 Å². The molecule has 0 aliphatic carbocycles. The molecule has 0 saturated heterocycles. The SMILES string of the molecule is C=CCNC(=S)NN=Cc1cccc(OC(C)C)c1. The van der Waals surface area contributed by atoms with Gasteiger partial charge in [-0.1, -0.05) is 18.2 Å². The molecule has 1 aromatic carbocycles. The van der Waals surface area contributed by atoms with E-state index in [2.05, 4.69) is 22.4 Å². The minimum Gasteiger partial charge on any atom is -0.491 e. The molecule has 0 amide bonds. The van der Waals surface area contributed by atoms with E-state index in [1.807, 2.05) is 38.1 Å². The third-order valence-corrected chi connectivity index (χ3v) is 2.25. The Labute approximate surface area is 119 Å². The molecule has 0 spiro atoms. The first-order valence-corrected chi connectivity index (χ1v) is 6.47.